The lowest BCUT2D eigenvalue weighted by Crippen LogP contribution is -2.37. The fraction of sp³-hybridized carbons (Fsp3) is 0.185. The molecule has 0 amide bonds. The predicted molar refractivity (Wildman–Crippen MR) is 246 cm³/mol. The molecule has 2 unspecified atom stereocenters. The summed E-state index contributed by atoms with van der Waals surface area (Å²) >= 11 is 0. The van der Waals surface area contributed by atoms with E-state index < -0.39 is 0 Å². The molecule has 4 aliphatic carbocycles. The van der Waals surface area contributed by atoms with Crippen LogP contribution in [0.5, 0.6) is 0 Å². The molecule has 0 aliphatic heterocycles. The van der Waals surface area contributed by atoms with Gasteiger partial charge in [-0.2, -0.15) is 0 Å². The number of para-hydroxylation sites is 4. The van der Waals surface area contributed by atoms with Crippen molar-refractivity contribution in [2.45, 2.75) is 63.5 Å². The smallest absolute Gasteiger partial charge is 0.0561 e. The summed E-state index contributed by atoms with van der Waals surface area (Å²) in [6.07, 6.45) is 32.7. The summed E-state index contributed by atoms with van der Waals surface area (Å²) < 4.78 is 0. The molecule has 288 valence electrons. The minimum absolute atomic E-state index is 0.147. The van der Waals surface area contributed by atoms with Crippen molar-refractivity contribution in [2.24, 2.45) is 0 Å². The molecule has 4 nitrogen and oxygen atoms in total. The van der Waals surface area contributed by atoms with Gasteiger partial charge in [0.2, 0.25) is 0 Å². The fourth-order valence-corrected chi connectivity index (χ4v) is 8.80. The van der Waals surface area contributed by atoms with Crippen molar-refractivity contribution in [2.75, 3.05) is 19.6 Å². The molecule has 0 saturated carbocycles. The number of hydrogen-bond donors (Lipinski definition) is 0. The second-order valence-corrected chi connectivity index (χ2v) is 15.4. The summed E-state index contributed by atoms with van der Waals surface area (Å²) in [7, 11) is 0. The number of benzene rings is 5. The van der Waals surface area contributed by atoms with Crippen LogP contribution in [0.1, 0.15) is 51.4 Å². The van der Waals surface area contributed by atoms with Gasteiger partial charge >= 0.3 is 0 Å². The maximum absolute atomic E-state index is 2.55. The van der Waals surface area contributed by atoms with Crippen molar-refractivity contribution in [3.8, 4) is 0 Å². The highest BCUT2D eigenvalue weighted by molar-refractivity contribution is 5.78. The lowest BCUT2D eigenvalue weighted by Gasteiger charge is -2.39. The van der Waals surface area contributed by atoms with E-state index in [2.05, 4.69) is 226 Å². The molecule has 4 aliphatic rings. The normalized spacial score (nSPS) is 18.7. The fourth-order valence-electron chi connectivity index (χ4n) is 8.80. The van der Waals surface area contributed by atoms with Crippen molar-refractivity contribution in [1.82, 2.24) is 0 Å². The van der Waals surface area contributed by atoms with E-state index in [0.717, 1.165) is 55.6 Å². The number of hydrogen-bond acceptors (Lipinski definition) is 4. The van der Waals surface area contributed by atoms with E-state index in [4.69, 9.17) is 0 Å². The van der Waals surface area contributed by atoms with Gasteiger partial charge in [-0.3, -0.25) is 0 Å². The highest BCUT2D eigenvalue weighted by Crippen LogP contribution is 2.39. The van der Waals surface area contributed by atoms with Crippen molar-refractivity contribution < 1.29 is 0 Å². The Morgan fingerprint density at radius 3 is 1.31 bits per heavy atom. The van der Waals surface area contributed by atoms with Gasteiger partial charge in [-0.15, -0.1) is 0 Å². The molecule has 5 aromatic rings. The molecule has 9 rings (SSSR count). The highest BCUT2D eigenvalue weighted by atomic mass is 15.2. The molecule has 0 fully saturated rings. The molecule has 0 radical (unpaired) electrons. The molecule has 0 bridgehead atoms. The van der Waals surface area contributed by atoms with Gasteiger partial charge < -0.3 is 19.6 Å². The van der Waals surface area contributed by atoms with Gasteiger partial charge in [0.25, 0.3) is 0 Å². The first-order valence-corrected chi connectivity index (χ1v) is 21.1. The number of nitrogens with zero attached hydrogens (tertiary/aromatic N) is 4. The van der Waals surface area contributed by atoms with Crippen molar-refractivity contribution in [3.63, 3.8) is 0 Å². The molecule has 0 spiro atoms. The SMILES string of the molecule is C1=CC(N(c2ccccc2)C2C=CC(N(c3ccc(N(c4ccccc4)c4ccccc4)cc3)C3C=CC(N(C4=CCCCC4)c4ccccc4)=CC3)=CC2)=CCC1. The summed E-state index contributed by atoms with van der Waals surface area (Å²) in [4.78, 5) is 9.88. The van der Waals surface area contributed by atoms with Gasteiger partial charge in [0.1, 0.15) is 0 Å². The molecular formula is C54H52N4. The Bertz CT molecular complexity index is 2310. The van der Waals surface area contributed by atoms with Crippen LogP contribution in [0.25, 0.3) is 0 Å². The number of rotatable bonds is 12. The summed E-state index contributed by atoms with van der Waals surface area (Å²) in [6.45, 7) is 0. The summed E-state index contributed by atoms with van der Waals surface area (Å²) in [5, 5.41) is 0. The van der Waals surface area contributed by atoms with Gasteiger partial charge in [0.15, 0.2) is 0 Å². The van der Waals surface area contributed by atoms with E-state index in [-0.39, 0.29) is 12.1 Å². The first-order valence-electron chi connectivity index (χ1n) is 21.1. The van der Waals surface area contributed by atoms with E-state index in [1.54, 1.807) is 0 Å². The Morgan fingerprint density at radius 1 is 0.362 bits per heavy atom. The lowest BCUT2D eigenvalue weighted by molar-refractivity contribution is 0.683. The zero-order valence-electron chi connectivity index (χ0n) is 33.2. The molecule has 0 N–H and O–H groups in total. The van der Waals surface area contributed by atoms with E-state index in [9.17, 15) is 0 Å². The molecule has 4 heteroatoms. The van der Waals surface area contributed by atoms with Crippen LogP contribution in [0, 0.1) is 0 Å². The predicted octanol–water partition coefficient (Wildman–Crippen LogP) is 14.1. The van der Waals surface area contributed by atoms with Crippen LogP contribution < -0.4 is 19.6 Å². The topological polar surface area (TPSA) is 13.0 Å². The van der Waals surface area contributed by atoms with E-state index in [1.807, 2.05) is 0 Å². The van der Waals surface area contributed by atoms with Gasteiger partial charge in [0.05, 0.1) is 12.1 Å². The average molecular weight is 757 g/mol. The van der Waals surface area contributed by atoms with E-state index in [0.29, 0.717) is 0 Å². The first kappa shape index (κ1) is 37.1. The standard InChI is InChI=1S/C54H52N4/c1-7-19-43(20-8-1)55(44-21-9-2-10-22-44)49-31-37-52(38-32-49)58(53-39-33-50(34-40-53)56(45-23-11-3-12-24-45)46-25-13-4-14-26-46)54-41-35-51(36-42-54)57(47-27-15-5-16-28-47)48-29-17-6-18-30-48/h1-3,5,7-13,15-16,19-29,31-33,35-41,50,54H,4,6,14,17-18,30,34,42H2. The van der Waals surface area contributed by atoms with Crippen molar-refractivity contribution in [1.29, 1.82) is 0 Å². The number of allylic oxidation sites excluding steroid dienone is 7. The highest BCUT2D eigenvalue weighted by Gasteiger charge is 2.28. The summed E-state index contributed by atoms with van der Waals surface area (Å²) in [5.41, 5.74) is 12.2. The molecule has 0 saturated heterocycles. The second kappa shape index (κ2) is 17.7. The van der Waals surface area contributed by atoms with Crippen molar-refractivity contribution in [3.05, 3.63) is 229 Å². The van der Waals surface area contributed by atoms with Gasteiger partial charge in [0, 0.05) is 56.9 Å². The Hall–Kier alpha value is -6.52. The molecule has 2 atom stereocenters. The monoisotopic (exact) mass is 756 g/mol. The summed E-state index contributed by atoms with van der Waals surface area (Å²) in [5.74, 6) is 0. The Balaban J connectivity index is 1.05. The van der Waals surface area contributed by atoms with Crippen LogP contribution >= 0.6 is 0 Å². The molecule has 5 aromatic carbocycles. The number of anilines is 6. The maximum atomic E-state index is 2.55. The third-order valence-electron chi connectivity index (χ3n) is 11.6. The maximum Gasteiger partial charge on any atom is 0.0561 e. The van der Waals surface area contributed by atoms with E-state index >= 15 is 0 Å². The van der Waals surface area contributed by atoms with Crippen LogP contribution in [0.2, 0.25) is 0 Å². The quantitative estimate of drug-likeness (QED) is 0.126. The third kappa shape index (κ3) is 8.15. The Kier molecular flexibility index (Phi) is 11.3. The third-order valence-corrected chi connectivity index (χ3v) is 11.6. The second-order valence-electron chi connectivity index (χ2n) is 15.4. The van der Waals surface area contributed by atoms with Crippen LogP contribution in [-0.4, -0.2) is 12.1 Å². The minimum Gasteiger partial charge on any atom is -0.335 e. The largest absolute Gasteiger partial charge is 0.335 e. The minimum atomic E-state index is 0.147. The molecule has 0 heterocycles. The van der Waals surface area contributed by atoms with Crippen molar-refractivity contribution >= 4 is 34.1 Å². The van der Waals surface area contributed by atoms with Gasteiger partial charge in [-0.1, -0.05) is 115 Å². The lowest BCUT2D eigenvalue weighted by atomic mass is 9.97. The average Bonchev–Trinajstić information content (AvgIpc) is 3.30. The molecule has 0 aromatic heterocycles. The zero-order valence-corrected chi connectivity index (χ0v) is 33.2. The molecular weight excluding hydrogens is 705 g/mol. The molecule has 58 heavy (non-hydrogen) atoms. The van der Waals surface area contributed by atoms with Gasteiger partial charge in [-0.05, 0) is 142 Å². The Morgan fingerprint density at radius 2 is 0.828 bits per heavy atom. The Labute approximate surface area is 345 Å². The summed E-state index contributed by atoms with van der Waals surface area (Å²) in [6, 6.07) is 52.6. The van der Waals surface area contributed by atoms with Gasteiger partial charge in [-0.25, -0.2) is 0 Å². The zero-order chi connectivity index (χ0) is 38.9. The van der Waals surface area contributed by atoms with E-state index in [1.165, 1.54) is 52.7 Å². The van der Waals surface area contributed by atoms with Crippen LogP contribution in [0.15, 0.2) is 229 Å². The van der Waals surface area contributed by atoms with Crippen LogP contribution in [-0.2, 0) is 0 Å². The first-order chi connectivity index (χ1) is 28.8. The van der Waals surface area contributed by atoms with Crippen LogP contribution in [0.4, 0.5) is 34.1 Å². The van der Waals surface area contributed by atoms with Crippen LogP contribution in [0.3, 0.4) is 0 Å².